The number of nitrogens with one attached hydrogen (secondary N) is 2. The van der Waals surface area contributed by atoms with E-state index in [1.165, 1.54) is 36.4 Å². The van der Waals surface area contributed by atoms with Gasteiger partial charge in [0.1, 0.15) is 5.76 Å². The Morgan fingerprint density at radius 3 is 2.41 bits per heavy atom. The molecule has 0 aliphatic rings. The first-order chi connectivity index (χ1) is 12.7. The first-order valence-electron chi connectivity index (χ1n) is 8.14. The van der Waals surface area contributed by atoms with Crippen molar-refractivity contribution < 1.29 is 27.2 Å². The minimum Gasteiger partial charge on any atom is -0.467 e. The van der Waals surface area contributed by atoms with Crippen molar-refractivity contribution in [3.63, 3.8) is 0 Å². The molecule has 0 spiro atoms. The van der Waals surface area contributed by atoms with Crippen molar-refractivity contribution >= 4 is 17.5 Å². The number of halogens is 3. The van der Waals surface area contributed by atoms with Gasteiger partial charge in [0.2, 0.25) is 11.8 Å². The van der Waals surface area contributed by atoms with Crippen molar-refractivity contribution in [1.82, 2.24) is 10.2 Å². The molecule has 2 rings (SSSR count). The third-order valence-electron chi connectivity index (χ3n) is 3.68. The quantitative estimate of drug-likeness (QED) is 0.771. The number of rotatable bonds is 7. The molecule has 6 nitrogen and oxygen atoms in total. The van der Waals surface area contributed by atoms with E-state index in [0.717, 1.165) is 6.07 Å². The predicted octanol–water partition coefficient (Wildman–Crippen LogP) is 3.05. The van der Waals surface area contributed by atoms with Gasteiger partial charge in [-0.15, -0.1) is 0 Å². The minimum absolute atomic E-state index is 0.0978. The molecule has 0 aliphatic heterocycles. The van der Waals surface area contributed by atoms with Gasteiger partial charge in [-0.1, -0.05) is 12.1 Å². The zero-order valence-electron chi connectivity index (χ0n) is 14.8. The van der Waals surface area contributed by atoms with Crippen LogP contribution >= 0.6 is 0 Å². The highest BCUT2D eigenvalue weighted by atomic mass is 19.4. The molecule has 0 aliphatic carbocycles. The second kappa shape index (κ2) is 8.72. The third-order valence-corrected chi connectivity index (χ3v) is 3.68. The lowest BCUT2D eigenvalue weighted by molar-refractivity contribution is -0.137. The number of anilines is 1. The average Bonchev–Trinajstić information content (AvgIpc) is 3.08. The Kier molecular flexibility index (Phi) is 6.62. The van der Waals surface area contributed by atoms with Crippen LogP contribution in [0.25, 0.3) is 0 Å². The van der Waals surface area contributed by atoms with Gasteiger partial charge in [-0.05, 0) is 38.2 Å². The summed E-state index contributed by atoms with van der Waals surface area (Å²) >= 11 is 0. The van der Waals surface area contributed by atoms with E-state index in [-0.39, 0.29) is 30.7 Å². The minimum atomic E-state index is -4.57. The van der Waals surface area contributed by atoms with Crippen LogP contribution in [0.1, 0.15) is 24.3 Å². The number of hydrogen-bond donors (Lipinski definition) is 2. The number of likely N-dealkylation sites (N-methyl/N-ethyl adjacent to an activating group) is 1. The molecular formula is C18H20F3N3O3. The number of nitrogens with zero attached hydrogens (tertiary/aromatic N) is 1. The van der Waals surface area contributed by atoms with E-state index in [9.17, 15) is 22.8 Å². The molecule has 2 aromatic rings. The molecule has 146 valence electrons. The van der Waals surface area contributed by atoms with E-state index in [1.807, 2.05) is 0 Å². The van der Waals surface area contributed by atoms with Crippen molar-refractivity contribution in [2.75, 3.05) is 25.5 Å². The Hall–Kier alpha value is -2.81. The summed E-state index contributed by atoms with van der Waals surface area (Å²) in [6.07, 6.45) is -3.08. The Bertz CT molecular complexity index is 776. The largest absolute Gasteiger partial charge is 0.467 e. The summed E-state index contributed by atoms with van der Waals surface area (Å²) < 4.78 is 44.0. The molecule has 2 N–H and O–H groups in total. The molecule has 1 aromatic heterocycles. The van der Waals surface area contributed by atoms with Crippen LogP contribution in [0.4, 0.5) is 18.9 Å². The number of amides is 2. The number of carbonyl (C=O) groups is 2. The highest BCUT2D eigenvalue weighted by Gasteiger charge is 2.33. The average molecular weight is 383 g/mol. The lowest BCUT2D eigenvalue weighted by Gasteiger charge is -2.19. The first-order valence-corrected chi connectivity index (χ1v) is 8.14. The highest BCUT2D eigenvalue weighted by Crippen LogP contribution is 2.34. The van der Waals surface area contributed by atoms with E-state index >= 15 is 0 Å². The maximum Gasteiger partial charge on any atom is 0.418 e. The van der Waals surface area contributed by atoms with Gasteiger partial charge in [0, 0.05) is 0 Å². The summed E-state index contributed by atoms with van der Waals surface area (Å²) in [5.74, 6) is -0.404. The summed E-state index contributed by atoms with van der Waals surface area (Å²) in [4.78, 5) is 25.4. The van der Waals surface area contributed by atoms with Crippen LogP contribution in [0.2, 0.25) is 0 Å². The standard InChI is InChI=1S/C18H20F3N3O3/c1-12(15-8-5-9-27-15)22-16(25)10-24(2)11-17(26)23-14-7-4-3-6-13(14)18(19,20)21/h3-9,12H,10-11H2,1-2H3,(H,22,25)(H,23,26)/t12-/m1/s1. The molecule has 9 heteroatoms. The zero-order chi connectivity index (χ0) is 20.0. The molecule has 0 radical (unpaired) electrons. The van der Waals surface area contributed by atoms with Gasteiger partial charge in [-0.3, -0.25) is 14.5 Å². The van der Waals surface area contributed by atoms with E-state index in [2.05, 4.69) is 10.6 Å². The van der Waals surface area contributed by atoms with Crippen molar-refractivity contribution in [3.05, 3.63) is 54.0 Å². The maximum atomic E-state index is 12.9. The van der Waals surface area contributed by atoms with Crippen LogP contribution in [0, 0.1) is 0 Å². The van der Waals surface area contributed by atoms with Crippen LogP contribution in [0.5, 0.6) is 0 Å². The maximum absolute atomic E-state index is 12.9. The predicted molar refractivity (Wildman–Crippen MR) is 92.8 cm³/mol. The van der Waals surface area contributed by atoms with E-state index in [1.54, 1.807) is 19.1 Å². The van der Waals surface area contributed by atoms with Gasteiger partial charge in [0.05, 0.1) is 36.6 Å². The summed E-state index contributed by atoms with van der Waals surface area (Å²) in [6.45, 7) is 1.41. The van der Waals surface area contributed by atoms with E-state index in [0.29, 0.717) is 5.76 Å². The second-order valence-corrected chi connectivity index (χ2v) is 6.07. The fraction of sp³-hybridized carbons (Fsp3) is 0.333. The normalized spacial score (nSPS) is 12.7. The van der Waals surface area contributed by atoms with Crippen molar-refractivity contribution in [1.29, 1.82) is 0 Å². The van der Waals surface area contributed by atoms with Gasteiger partial charge in [-0.2, -0.15) is 13.2 Å². The zero-order valence-corrected chi connectivity index (χ0v) is 14.8. The Morgan fingerprint density at radius 2 is 1.78 bits per heavy atom. The van der Waals surface area contributed by atoms with Gasteiger partial charge in [0.25, 0.3) is 0 Å². The fourth-order valence-corrected chi connectivity index (χ4v) is 2.47. The Morgan fingerprint density at radius 1 is 1.11 bits per heavy atom. The van der Waals surface area contributed by atoms with Crippen molar-refractivity contribution in [3.8, 4) is 0 Å². The summed E-state index contributed by atoms with van der Waals surface area (Å²) in [6, 6.07) is 7.80. The topological polar surface area (TPSA) is 74.6 Å². The van der Waals surface area contributed by atoms with E-state index < -0.39 is 17.6 Å². The number of hydrogen-bond acceptors (Lipinski definition) is 4. The lowest BCUT2D eigenvalue weighted by atomic mass is 10.1. The second-order valence-electron chi connectivity index (χ2n) is 6.07. The molecule has 0 fully saturated rings. The van der Waals surface area contributed by atoms with Crippen molar-refractivity contribution in [2.24, 2.45) is 0 Å². The third kappa shape index (κ3) is 6.14. The van der Waals surface area contributed by atoms with Gasteiger partial charge < -0.3 is 15.1 Å². The molecule has 2 amide bonds. The van der Waals surface area contributed by atoms with Gasteiger partial charge in [0.15, 0.2) is 0 Å². The molecule has 1 heterocycles. The van der Waals surface area contributed by atoms with Gasteiger partial charge >= 0.3 is 6.18 Å². The molecule has 1 atom stereocenters. The fourth-order valence-electron chi connectivity index (χ4n) is 2.47. The van der Waals surface area contributed by atoms with Crippen molar-refractivity contribution in [2.45, 2.75) is 19.1 Å². The number of alkyl halides is 3. The SMILES string of the molecule is C[C@@H](NC(=O)CN(C)CC(=O)Nc1ccccc1C(F)(F)F)c1ccco1. The molecule has 0 unspecified atom stereocenters. The smallest absolute Gasteiger partial charge is 0.418 e. The Balaban J connectivity index is 1.86. The number of benzene rings is 1. The van der Waals surface area contributed by atoms with Crippen LogP contribution in [-0.4, -0.2) is 36.9 Å². The van der Waals surface area contributed by atoms with E-state index in [4.69, 9.17) is 4.42 Å². The lowest BCUT2D eigenvalue weighted by Crippen LogP contribution is -2.39. The van der Waals surface area contributed by atoms with Crippen LogP contribution < -0.4 is 10.6 Å². The number of furan rings is 1. The highest BCUT2D eigenvalue weighted by molar-refractivity contribution is 5.93. The molecule has 0 saturated carbocycles. The molecule has 27 heavy (non-hydrogen) atoms. The van der Waals surface area contributed by atoms with Crippen LogP contribution in [0.15, 0.2) is 47.1 Å². The van der Waals surface area contributed by atoms with Crippen LogP contribution in [-0.2, 0) is 15.8 Å². The molecular weight excluding hydrogens is 363 g/mol. The molecule has 0 bridgehead atoms. The van der Waals surface area contributed by atoms with Crippen LogP contribution in [0.3, 0.4) is 0 Å². The Labute approximate surface area is 154 Å². The monoisotopic (exact) mass is 383 g/mol. The summed E-state index contributed by atoms with van der Waals surface area (Å²) in [7, 11) is 1.52. The van der Waals surface area contributed by atoms with Gasteiger partial charge in [-0.25, -0.2) is 0 Å². The molecule has 0 saturated heterocycles. The summed E-state index contributed by atoms with van der Waals surface area (Å²) in [5, 5.41) is 4.95. The first kappa shape index (κ1) is 20.5. The molecule has 1 aromatic carbocycles. The number of para-hydroxylation sites is 1. The number of carbonyl (C=O) groups excluding carboxylic acids is 2. The summed E-state index contributed by atoms with van der Waals surface area (Å²) in [5.41, 5.74) is -1.25.